The fraction of sp³-hybridized carbons (Fsp3) is 0.125. The van der Waals surface area contributed by atoms with Crippen molar-refractivity contribution in [3.8, 4) is 5.75 Å². The number of nitrogens with zero attached hydrogens (tertiary/aromatic N) is 1. The summed E-state index contributed by atoms with van der Waals surface area (Å²) in [4.78, 5) is 14.1. The summed E-state index contributed by atoms with van der Waals surface area (Å²) in [6.45, 7) is 0. The number of ether oxygens (including phenoxy) is 1. The van der Waals surface area contributed by atoms with Crippen molar-refractivity contribution >= 4 is 40.0 Å². The van der Waals surface area contributed by atoms with Crippen molar-refractivity contribution in [3.05, 3.63) is 60.7 Å². The van der Waals surface area contributed by atoms with E-state index in [2.05, 4.69) is 0 Å². The van der Waals surface area contributed by atoms with Gasteiger partial charge >= 0.3 is 5.97 Å². The number of hydrogen-bond donors (Lipinski definition) is 1. The maximum atomic E-state index is 12.3. The van der Waals surface area contributed by atoms with Gasteiger partial charge in [-0.25, -0.2) is 0 Å². The lowest BCUT2D eigenvalue weighted by Crippen LogP contribution is -2.47. The topological polar surface area (TPSA) is 55.6 Å². The summed E-state index contributed by atoms with van der Waals surface area (Å²) < 4.78 is 5.95. The predicted octanol–water partition coefficient (Wildman–Crippen LogP) is 2.78. The summed E-state index contributed by atoms with van der Waals surface area (Å²) in [7, 11) is 0. The molecular formula is C16H14N2O2S2. The maximum Gasteiger partial charge on any atom is 0.328 e. The molecule has 2 atom stereocenters. The van der Waals surface area contributed by atoms with Crippen LogP contribution in [0.5, 0.6) is 5.75 Å². The van der Waals surface area contributed by atoms with Gasteiger partial charge in [-0.2, -0.15) is 0 Å². The Balaban J connectivity index is 1.76. The van der Waals surface area contributed by atoms with Gasteiger partial charge in [0.2, 0.25) is 0 Å². The highest BCUT2D eigenvalue weighted by Crippen LogP contribution is 2.34. The molecule has 0 aliphatic carbocycles. The van der Waals surface area contributed by atoms with Crippen LogP contribution in [0.4, 0.5) is 5.69 Å². The number of para-hydroxylation sites is 2. The Hall–Kier alpha value is -1.89. The van der Waals surface area contributed by atoms with Crippen molar-refractivity contribution in [1.29, 1.82) is 0 Å². The van der Waals surface area contributed by atoms with Crippen molar-refractivity contribution in [2.45, 2.75) is 11.4 Å². The Morgan fingerprint density at radius 1 is 1.09 bits per heavy atom. The molecule has 6 heteroatoms. The van der Waals surface area contributed by atoms with Gasteiger partial charge in [-0.3, -0.25) is 4.79 Å². The van der Waals surface area contributed by atoms with Gasteiger partial charge in [0.05, 0.1) is 0 Å². The highest BCUT2D eigenvalue weighted by atomic mass is 32.2. The van der Waals surface area contributed by atoms with Gasteiger partial charge in [-0.1, -0.05) is 60.4 Å². The van der Waals surface area contributed by atoms with Crippen molar-refractivity contribution in [1.82, 2.24) is 0 Å². The van der Waals surface area contributed by atoms with E-state index in [1.165, 1.54) is 11.8 Å². The van der Waals surface area contributed by atoms with E-state index in [0.717, 1.165) is 5.69 Å². The molecule has 0 amide bonds. The summed E-state index contributed by atoms with van der Waals surface area (Å²) in [5, 5.41) is -0.548. The summed E-state index contributed by atoms with van der Waals surface area (Å²) in [6.07, 6.45) is -0.545. The normalized spacial score (nSPS) is 21.0. The Kier molecular flexibility index (Phi) is 4.42. The molecule has 1 aliphatic heterocycles. The molecule has 0 saturated carbocycles. The predicted molar refractivity (Wildman–Crippen MR) is 93.0 cm³/mol. The second-order valence-corrected chi connectivity index (χ2v) is 6.51. The van der Waals surface area contributed by atoms with Gasteiger partial charge in [0.1, 0.15) is 21.5 Å². The van der Waals surface area contributed by atoms with Crippen LogP contribution in [0, 0.1) is 0 Å². The van der Waals surface area contributed by atoms with Gasteiger partial charge in [0, 0.05) is 5.69 Å². The lowest BCUT2D eigenvalue weighted by atomic mass is 10.2. The number of hydrogen-bond acceptors (Lipinski definition) is 5. The second kappa shape index (κ2) is 6.48. The Bertz CT molecular complexity index is 679. The molecule has 1 fully saturated rings. The average Bonchev–Trinajstić information content (AvgIpc) is 2.84. The summed E-state index contributed by atoms with van der Waals surface area (Å²) in [6, 6.07) is 18.5. The quantitative estimate of drug-likeness (QED) is 0.530. The SMILES string of the molecule is N[C@H]1[C@@H](C(=O)Oc2ccccc2)SC(=S)N1c1ccccc1. The van der Waals surface area contributed by atoms with E-state index in [4.69, 9.17) is 22.7 Å². The van der Waals surface area contributed by atoms with Gasteiger partial charge in [0.25, 0.3) is 0 Å². The standard InChI is InChI=1S/C16H14N2O2S2/c17-14-13(15(19)20-12-9-5-2-6-10-12)22-16(21)18(14)11-7-3-1-4-8-11/h1-10,13-14H,17H2/t13-,14+/m0/s1. The summed E-state index contributed by atoms with van der Waals surface area (Å²) in [5.41, 5.74) is 7.09. The first-order valence-electron chi connectivity index (χ1n) is 6.74. The van der Waals surface area contributed by atoms with Crippen LogP contribution in [0.2, 0.25) is 0 Å². The fourth-order valence-electron chi connectivity index (χ4n) is 2.21. The third-order valence-electron chi connectivity index (χ3n) is 3.26. The van der Waals surface area contributed by atoms with Crippen molar-refractivity contribution < 1.29 is 9.53 Å². The molecule has 2 N–H and O–H groups in total. The first kappa shape index (κ1) is 15.0. The zero-order valence-electron chi connectivity index (χ0n) is 11.6. The van der Waals surface area contributed by atoms with Crippen LogP contribution in [-0.4, -0.2) is 21.7 Å². The van der Waals surface area contributed by atoms with Crippen LogP contribution >= 0.6 is 24.0 Å². The molecule has 0 aromatic heterocycles. The minimum atomic E-state index is -0.548. The average molecular weight is 330 g/mol. The number of carbonyl (C=O) groups is 1. The van der Waals surface area contributed by atoms with Crippen LogP contribution in [0.3, 0.4) is 0 Å². The molecule has 4 nitrogen and oxygen atoms in total. The van der Waals surface area contributed by atoms with Crippen LogP contribution in [0.15, 0.2) is 60.7 Å². The Morgan fingerprint density at radius 3 is 2.32 bits per heavy atom. The van der Waals surface area contributed by atoms with Crippen LogP contribution in [-0.2, 0) is 4.79 Å². The molecule has 112 valence electrons. The molecule has 2 aromatic rings. The maximum absolute atomic E-state index is 12.3. The van der Waals surface area contributed by atoms with E-state index in [-0.39, 0.29) is 5.97 Å². The lowest BCUT2D eigenvalue weighted by Gasteiger charge is -2.24. The van der Waals surface area contributed by atoms with Crippen molar-refractivity contribution in [2.24, 2.45) is 5.73 Å². The van der Waals surface area contributed by atoms with E-state index in [9.17, 15) is 4.79 Å². The number of nitrogens with two attached hydrogens (primary N) is 1. The largest absolute Gasteiger partial charge is 0.426 e. The molecule has 22 heavy (non-hydrogen) atoms. The van der Waals surface area contributed by atoms with E-state index >= 15 is 0 Å². The number of benzene rings is 2. The third-order valence-corrected chi connectivity index (χ3v) is 4.87. The zero-order valence-corrected chi connectivity index (χ0v) is 13.2. The molecule has 0 radical (unpaired) electrons. The monoisotopic (exact) mass is 330 g/mol. The molecule has 1 saturated heterocycles. The molecule has 0 spiro atoms. The first-order valence-corrected chi connectivity index (χ1v) is 8.03. The van der Waals surface area contributed by atoms with E-state index in [1.807, 2.05) is 48.5 Å². The lowest BCUT2D eigenvalue weighted by molar-refractivity contribution is -0.134. The summed E-state index contributed by atoms with van der Waals surface area (Å²) in [5.74, 6) is 0.119. The van der Waals surface area contributed by atoms with Gasteiger partial charge < -0.3 is 15.4 Å². The van der Waals surface area contributed by atoms with Gasteiger partial charge in [0.15, 0.2) is 0 Å². The zero-order chi connectivity index (χ0) is 15.5. The number of esters is 1. The summed E-state index contributed by atoms with van der Waals surface area (Å²) >= 11 is 6.62. The number of thiocarbonyl (C=S) groups is 1. The highest BCUT2D eigenvalue weighted by molar-refractivity contribution is 8.24. The van der Waals surface area contributed by atoms with Gasteiger partial charge in [-0.05, 0) is 24.3 Å². The highest BCUT2D eigenvalue weighted by Gasteiger charge is 2.42. The van der Waals surface area contributed by atoms with Crippen LogP contribution in [0.1, 0.15) is 0 Å². The molecule has 3 rings (SSSR count). The van der Waals surface area contributed by atoms with E-state index in [1.54, 1.807) is 17.0 Å². The molecule has 2 aromatic carbocycles. The molecular weight excluding hydrogens is 316 g/mol. The van der Waals surface area contributed by atoms with Gasteiger partial charge in [-0.15, -0.1) is 0 Å². The number of thioether (sulfide) groups is 1. The molecule has 0 unspecified atom stereocenters. The minimum Gasteiger partial charge on any atom is -0.426 e. The fourth-order valence-corrected chi connectivity index (χ4v) is 3.71. The van der Waals surface area contributed by atoms with Crippen molar-refractivity contribution in [2.75, 3.05) is 4.90 Å². The molecule has 1 heterocycles. The molecule has 1 aliphatic rings. The Morgan fingerprint density at radius 2 is 1.68 bits per heavy atom. The van der Waals surface area contributed by atoms with Crippen LogP contribution < -0.4 is 15.4 Å². The van der Waals surface area contributed by atoms with E-state index in [0.29, 0.717) is 10.1 Å². The Labute approximate surface area is 138 Å². The number of rotatable bonds is 3. The molecule has 0 bridgehead atoms. The number of carbonyl (C=O) groups excluding carboxylic acids is 1. The third kappa shape index (κ3) is 2.99. The van der Waals surface area contributed by atoms with E-state index < -0.39 is 11.4 Å². The van der Waals surface area contributed by atoms with Crippen molar-refractivity contribution in [3.63, 3.8) is 0 Å². The minimum absolute atomic E-state index is 0.385. The second-order valence-electron chi connectivity index (χ2n) is 4.73. The first-order chi connectivity index (χ1) is 10.7. The van der Waals surface area contributed by atoms with Crippen LogP contribution in [0.25, 0.3) is 0 Å². The number of anilines is 1. The smallest absolute Gasteiger partial charge is 0.328 e.